The lowest BCUT2D eigenvalue weighted by Crippen LogP contribution is -2.36. The SMILES string of the molecule is COC(=O)[C@H]1CC[C@H](N(C)Cc2ccc(-n3c(-c4cccnc4N)nc4ccc(-c5ccccc5)nc43)cc2)CC1. The van der Waals surface area contributed by atoms with Crippen LogP contribution >= 0.6 is 0 Å². The zero-order chi connectivity index (χ0) is 28.3. The van der Waals surface area contributed by atoms with E-state index >= 15 is 0 Å². The summed E-state index contributed by atoms with van der Waals surface area (Å²) >= 11 is 0. The third kappa shape index (κ3) is 5.43. The van der Waals surface area contributed by atoms with E-state index in [-0.39, 0.29) is 11.9 Å². The molecule has 1 fully saturated rings. The van der Waals surface area contributed by atoms with Gasteiger partial charge in [0.2, 0.25) is 0 Å². The number of aromatic nitrogens is 4. The number of hydrogen-bond donors (Lipinski definition) is 1. The minimum atomic E-state index is -0.0773. The molecule has 6 rings (SSSR count). The highest BCUT2D eigenvalue weighted by atomic mass is 16.5. The molecule has 1 aliphatic carbocycles. The molecule has 1 saturated carbocycles. The molecule has 0 radical (unpaired) electrons. The summed E-state index contributed by atoms with van der Waals surface area (Å²) in [6.45, 7) is 0.831. The fourth-order valence-corrected chi connectivity index (χ4v) is 5.85. The molecule has 0 spiro atoms. The fourth-order valence-electron chi connectivity index (χ4n) is 5.85. The quantitative estimate of drug-likeness (QED) is 0.254. The van der Waals surface area contributed by atoms with Gasteiger partial charge in [0.25, 0.3) is 0 Å². The lowest BCUT2D eigenvalue weighted by atomic mass is 9.85. The van der Waals surface area contributed by atoms with Crippen LogP contribution in [-0.2, 0) is 16.1 Å². The highest BCUT2D eigenvalue weighted by molar-refractivity contribution is 5.84. The van der Waals surface area contributed by atoms with Crippen LogP contribution < -0.4 is 5.73 Å². The zero-order valence-electron chi connectivity index (χ0n) is 23.4. The smallest absolute Gasteiger partial charge is 0.308 e. The van der Waals surface area contributed by atoms with Crippen LogP contribution in [0.2, 0.25) is 0 Å². The number of imidazole rings is 1. The monoisotopic (exact) mass is 546 g/mol. The van der Waals surface area contributed by atoms with Gasteiger partial charge in [0, 0.05) is 30.0 Å². The van der Waals surface area contributed by atoms with Crippen molar-refractivity contribution in [3.05, 3.63) is 90.6 Å². The van der Waals surface area contributed by atoms with E-state index in [1.54, 1.807) is 6.20 Å². The molecule has 1 aliphatic rings. The van der Waals surface area contributed by atoms with Gasteiger partial charge < -0.3 is 10.5 Å². The van der Waals surface area contributed by atoms with Gasteiger partial charge in [-0.05, 0) is 74.7 Å². The predicted molar refractivity (Wildman–Crippen MR) is 161 cm³/mol. The number of nitrogens with zero attached hydrogens (tertiary/aromatic N) is 5. The number of nitrogen functional groups attached to an aromatic ring is 1. The van der Waals surface area contributed by atoms with Crippen LogP contribution in [0.4, 0.5) is 5.82 Å². The molecule has 41 heavy (non-hydrogen) atoms. The van der Waals surface area contributed by atoms with Crippen molar-refractivity contribution in [3.8, 4) is 28.3 Å². The molecule has 208 valence electrons. The van der Waals surface area contributed by atoms with Crippen molar-refractivity contribution >= 4 is 23.0 Å². The van der Waals surface area contributed by atoms with Gasteiger partial charge in [0.1, 0.15) is 11.3 Å². The number of ether oxygens (including phenoxy) is 1. The van der Waals surface area contributed by atoms with Crippen LogP contribution in [0.1, 0.15) is 31.2 Å². The number of carbonyl (C=O) groups excluding carboxylic acids is 1. The van der Waals surface area contributed by atoms with Crippen molar-refractivity contribution in [2.75, 3.05) is 19.9 Å². The third-order valence-corrected chi connectivity index (χ3v) is 8.13. The summed E-state index contributed by atoms with van der Waals surface area (Å²) in [4.78, 5) is 28.6. The van der Waals surface area contributed by atoms with Gasteiger partial charge in [0.05, 0.1) is 24.3 Å². The number of pyridine rings is 2. The average Bonchev–Trinajstić information content (AvgIpc) is 3.40. The first-order valence-electron chi connectivity index (χ1n) is 14.0. The maximum Gasteiger partial charge on any atom is 0.308 e. The number of carbonyl (C=O) groups is 1. The van der Waals surface area contributed by atoms with E-state index in [1.165, 1.54) is 12.7 Å². The van der Waals surface area contributed by atoms with Gasteiger partial charge in [0.15, 0.2) is 11.5 Å². The number of rotatable bonds is 7. The second-order valence-electron chi connectivity index (χ2n) is 10.7. The summed E-state index contributed by atoms with van der Waals surface area (Å²) in [6.07, 6.45) is 5.45. The number of esters is 1. The molecule has 8 heteroatoms. The molecule has 0 aliphatic heterocycles. The van der Waals surface area contributed by atoms with Crippen molar-refractivity contribution in [1.82, 2.24) is 24.4 Å². The predicted octanol–water partition coefficient (Wildman–Crippen LogP) is 5.90. The Morgan fingerprint density at radius 2 is 1.71 bits per heavy atom. The van der Waals surface area contributed by atoms with Crippen LogP contribution in [0.15, 0.2) is 85.1 Å². The molecule has 8 nitrogen and oxygen atoms in total. The van der Waals surface area contributed by atoms with E-state index in [9.17, 15) is 4.79 Å². The standard InChI is InChI=1S/C33H34N6O2/c1-38(25-16-12-24(13-17-25)33(40)41-2)21-22-10-14-26(15-11-22)39-31(27-9-6-20-35-30(27)34)37-29-19-18-28(36-32(29)39)23-7-4-3-5-8-23/h3-11,14-15,18-20,24-25H,12-13,16-17,21H2,1-2H3,(H2,34,35)/t24-,25-. The Hall–Kier alpha value is -4.56. The molecule has 0 unspecified atom stereocenters. The normalized spacial score (nSPS) is 17.1. The van der Waals surface area contributed by atoms with Gasteiger partial charge in [-0.2, -0.15) is 0 Å². The van der Waals surface area contributed by atoms with Crippen LogP contribution in [-0.4, -0.2) is 50.6 Å². The Balaban J connectivity index is 1.31. The molecule has 2 N–H and O–H groups in total. The topological polar surface area (TPSA) is 99.2 Å². The Kier molecular flexibility index (Phi) is 7.48. The Morgan fingerprint density at radius 1 is 0.951 bits per heavy atom. The number of fused-ring (bicyclic) bond motifs is 1. The molecule has 5 aromatic rings. The highest BCUT2D eigenvalue weighted by Gasteiger charge is 2.28. The Morgan fingerprint density at radius 3 is 2.41 bits per heavy atom. The third-order valence-electron chi connectivity index (χ3n) is 8.13. The number of hydrogen-bond acceptors (Lipinski definition) is 7. The molecule has 0 saturated heterocycles. The van der Waals surface area contributed by atoms with Crippen LogP contribution in [0.5, 0.6) is 0 Å². The molecule has 2 aromatic carbocycles. The summed E-state index contributed by atoms with van der Waals surface area (Å²) in [5.74, 6) is 1.09. The Bertz CT molecular complexity index is 1660. The van der Waals surface area contributed by atoms with Crippen molar-refractivity contribution in [1.29, 1.82) is 0 Å². The van der Waals surface area contributed by atoms with E-state index in [0.717, 1.165) is 65.9 Å². The second-order valence-corrected chi connectivity index (χ2v) is 10.7. The molecule has 3 aromatic heterocycles. The van der Waals surface area contributed by atoms with E-state index < -0.39 is 0 Å². The molecular formula is C33H34N6O2. The summed E-state index contributed by atoms with van der Waals surface area (Å²) < 4.78 is 7.01. The van der Waals surface area contributed by atoms with Gasteiger partial charge in [-0.15, -0.1) is 0 Å². The van der Waals surface area contributed by atoms with E-state index in [4.69, 9.17) is 20.4 Å². The largest absolute Gasteiger partial charge is 0.469 e. The van der Waals surface area contributed by atoms with E-state index in [1.807, 2.05) is 42.5 Å². The molecule has 0 atom stereocenters. The number of methoxy groups -OCH3 is 1. The van der Waals surface area contributed by atoms with Gasteiger partial charge in [-0.3, -0.25) is 14.3 Å². The first-order chi connectivity index (χ1) is 20.0. The minimum absolute atomic E-state index is 0.0352. The van der Waals surface area contributed by atoms with Gasteiger partial charge >= 0.3 is 5.97 Å². The van der Waals surface area contributed by atoms with Crippen LogP contribution in [0.25, 0.3) is 39.5 Å². The van der Waals surface area contributed by atoms with E-state index in [2.05, 4.69) is 57.9 Å². The van der Waals surface area contributed by atoms with Crippen molar-refractivity contribution < 1.29 is 9.53 Å². The number of anilines is 1. The Labute approximate surface area is 239 Å². The summed E-state index contributed by atoms with van der Waals surface area (Å²) in [7, 11) is 3.64. The fraction of sp³-hybridized carbons (Fsp3) is 0.273. The van der Waals surface area contributed by atoms with Gasteiger partial charge in [-0.25, -0.2) is 15.0 Å². The molecule has 0 bridgehead atoms. The first kappa shape index (κ1) is 26.7. The summed E-state index contributed by atoms with van der Waals surface area (Å²) in [5, 5.41) is 0. The maximum atomic E-state index is 11.9. The molecular weight excluding hydrogens is 512 g/mol. The molecule has 0 amide bonds. The second kappa shape index (κ2) is 11.5. The highest BCUT2D eigenvalue weighted by Crippen LogP contribution is 2.32. The van der Waals surface area contributed by atoms with Crippen LogP contribution in [0.3, 0.4) is 0 Å². The van der Waals surface area contributed by atoms with Gasteiger partial charge in [-0.1, -0.05) is 42.5 Å². The average molecular weight is 547 g/mol. The minimum Gasteiger partial charge on any atom is -0.469 e. The maximum absolute atomic E-state index is 11.9. The number of nitrogens with two attached hydrogens (primary N) is 1. The van der Waals surface area contributed by atoms with Crippen molar-refractivity contribution in [3.63, 3.8) is 0 Å². The van der Waals surface area contributed by atoms with Crippen molar-refractivity contribution in [2.45, 2.75) is 38.3 Å². The first-order valence-corrected chi connectivity index (χ1v) is 14.0. The van der Waals surface area contributed by atoms with E-state index in [0.29, 0.717) is 17.7 Å². The lowest BCUT2D eigenvalue weighted by molar-refractivity contribution is -0.146. The van der Waals surface area contributed by atoms with Crippen molar-refractivity contribution in [2.24, 2.45) is 5.92 Å². The number of benzene rings is 2. The van der Waals surface area contributed by atoms with Crippen LogP contribution in [0, 0.1) is 5.92 Å². The zero-order valence-corrected chi connectivity index (χ0v) is 23.4. The summed E-state index contributed by atoms with van der Waals surface area (Å²) in [6, 6.07) is 27.0. The molecule has 3 heterocycles. The summed E-state index contributed by atoms with van der Waals surface area (Å²) in [5.41, 5.74) is 12.7. The lowest BCUT2D eigenvalue weighted by Gasteiger charge is -2.33.